The molecule has 0 unspecified atom stereocenters. The highest BCUT2D eigenvalue weighted by Crippen LogP contribution is 2.07. The lowest BCUT2D eigenvalue weighted by Gasteiger charge is -1.88. The lowest BCUT2D eigenvalue weighted by molar-refractivity contribution is 0.598. The van der Waals surface area contributed by atoms with Crippen molar-refractivity contribution >= 4 is 26.2 Å². The van der Waals surface area contributed by atoms with Crippen LogP contribution in [-0.2, 0) is 10.0 Å². The van der Waals surface area contributed by atoms with Crippen molar-refractivity contribution < 1.29 is 8.42 Å². The van der Waals surface area contributed by atoms with Gasteiger partial charge in [-0.25, -0.2) is 13.6 Å². The second kappa shape index (κ2) is 2.37. The molecule has 0 radical (unpaired) electrons. The zero-order chi connectivity index (χ0) is 7.78. The summed E-state index contributed by atoms with van der Waals surface area (Å²) in [6.07, 6.45) is 2.91. The largest absolute Gasteiger partial charge is 0.290 e. The normalized spacial score (nSPS) is 11.8. The molecule has 0 spiro atoms. The fourth-order valence-corrected chi connectivity index (χ4v) is 1.51. The summed E-state index contributed by atoms with van der Waals surface area (Å²) in [5, 5.41) is 4.81. The molecule has 6 heteroatoms. The number of halogens is 1. The number of rotatable bonds is 1. The third-order valence-electron chi connectivity index (χ3n) is 0.960. The molecular formula is C4H5BrN2O2S. The van der Waals surface area contributed by atoms with E-state index in [1.807, 2.05) is 0 Å². The Kier molecular flexibility index (Phi) is 1.84. The third kappa shape index (κ3) is 1.59. The first kappa shape index (κ1) is 7.77. The van der Waals surface area contributed by atoms with Gasteiger partial charge in [-0.1, -0.05) is 0 Å². The number of hydrogen-bond donors (Lipinski definition) is 1. The van der Waals surface area contributed by atoms with E-state index in [4.69, 9.17) is 5.14 Å². The highest BCUT2D eigenvalue weighted by molar-refractivity contribution is 9.08. The zero-order valence-corrected chi connectivity index (χ0v) is 7.26. The van der Waals surface area contributed by atoms with Crippen molar-refractivity contribution in [3.8, 4) is 0 Å². The van der Waals surface area contributed by atoms with Crippen molar-refractivity contribution in [3.63, 3.8) is 0 Å². The van der Waals surface area contributed by atoms with E-state index in [9.17, 15) is 8.42 Å². The number of primary sulfonamides is 1. The van der Waals surface area contributed by atoms with Crippen molar-refractivity contribution in [2.45, 2.75) is 4.90 Å². The fraction of sp³-hybridized carbons (Fsp3) is 0. The van der Waals surface area contributed by atoms with Gasteiger partial charge in [0, 0.05) is 12.4 Å². The quantitative estimate of drug-likeness (QED) is 0.746. The molecule has 0 fully saturated rings. The van der Waals surface area contributed by atoms with Crippen molar-refractivity contribution in [2.75, 3.05) is 0 Å². The summed E-state index contributed by atoms with van der Waals surface area (Å²) in [6.45, 7) is 0. The molecule has 0 atom stereocenters. The molecule has 1 aromatic rings. The molecule has 0 amide bonds. The molecular weight excluding hydrogens is 220 g/mol. The number of aromatic nitrogens is 1. The van der Waals surface area contributed by atoms with Crippen LogP contribution in [0.25, 0.3) is 0 Å². The van der Waals surface area contributed by atoms with Crippen LogP contribution in [0.3, 0.4) is 0 Å². The van der Waals surface area contributed by atoms with Crippen molar-refractivity contribution in [3.05, 3.63) is 18.5 Å². The van der Waals surface area contributed by atoms with Gasteiger partial charge in [0.25, 0.3) is 0 Å². The lowest BCUT2D eigenvalue weighted by atomic mass is 10.7. The molecule has 1 heterocycles. The maximum atomic E-state index is 10.6. The summed E-state index contributed by atoms with van der Waals surface area (Å²) in [5.41, 5.74) is 0. The van der Waals surface area contributed by atoms with Crippen molar-refractivity contribution in [2.24, 2.45) is 5.14 Å². The third-order valence-corrected chi connectivity index (χ3v) is 2.30. The van der Waals surface area contributed by atoms with E-state index in [0.717, 1.165) is 0 Å². The van der Waals surface area contributed by atoms with Crippen molar-refractivity contribution in [1.29, 1.82) is 0 Å². The summed E-state index contributed by atoms with van der Waals surface area (Å²) in [4.78, 5) is 0.101. The Bertz CT molecular complexity index is 329. The van der Waals surface area contributed by atoms with E-state index in [2.05, 4.69) is 16.1 Å². The molecule has 0 aliphatic heterocycles. The summed E-state index contributed by atoms with van der Waals surface area (Å²) in [5.74, 6) is 0. The average molecular weight is 225 g/mol. The maximum Gasteiger partial charge on any atom is 0.239 e. The Balaban J connectivity index is 3.21. The van der Waals surface area contributed by atoms with Gasteiger partial charge in [0.15, 0.2) is 0 Å². The van der Waals surface area contributed by atoms with E-state index < -0.39 is 10.0 Å². The minimum Gasteiger partial charge on any atom is -0.290 e. The van der Waals surface area contributed by atoms with Gasteiger partial charge in [0.05, 0.1) is 16.1 Å². The molecule has 0 saturated carbocycles. The fourth-order valence-electron chi connectivity index (χ4n) is 0.521. The highest BCUT2D eigenvalue weighted by atomic mass is 79.9. The first-order chi connectivity index (χ1) is 4.50. The van der Waals surface area contributed by atoms with Crippen LogP contribution in [0.1, 0.15) is 0 Å². The minimum absolute atomic E-state index is 0.101. The van der Waals surface area contributed by atoms with Gasteiger partial charge in [-0.05, 0) is 6.07 Å². The second-order valence-corrected chi connectivity index (χ2v) is 4.12. The summed E-state index contributed by atoms with van der Waals surface area (Å²) >= 11 is 3.02. The predicted molar refractivity (Wildman–Crippen MR) is 40.1 cm³/mol. The monoisotopic (exact) mass is 224 g/mol. The van der Waals surface area contributed by atoms with Crippen LogP contribution < -0.4 is 5.14 Å². The van der Waals surface area contributed by atoms with Gasteiger partial charge in [-0.3, -0.25) is 3.59 Å². The molecule has 0 aliphatic carbocycles. The lowest BCUT2D eigenvalue weighted by Crippen LogP contribution is -2.10. The molecule has 0 saturated heterocycles. The summed E-state index contributed by atoms with van der Waals surface area (Å²) < 4.78 is 22.6. The highest BCUT2D eigenvalue weighted by Gasteiger charge is 2.07. The van der Waals surface area contributed by atoms with Gasteiger partial charge in [-0.2, -0.15) is 0 Å². The number of nitrogens with two attached hydrogens (primary N) is 1. The minimum atomic E-state index is -3.53. The smallest absolute Gasteiger partial charge is 0.239 e. The Morgan fingerprint density at radius 2 is 2.20 bits per heavy atom. The van der Waals surface area contributed by atoms with E-state index in [1.165, 1.54) is 15.9 Å². The molecule has 10 heavy (non-hydrogen) atoms. The van der Waals surface area contributed by atoms with Gasteiger partial charge in [0.1, 0.15) is 4.90 Å². The molecule has 1 aromatic heterocycles. The van der Waals surface area contributed by atoms with Crippen molar-refractivity contribution in [1.82, 2.24) is 3.59 Å². The van der Waals surface area contributed by atoms with Gasteiger partial charge >= 0.3 is 0 Å². The van der Waals surface area contributed by atoms with Gasteiger partial charge < -0.3 is 0 Å². The van der Waals surface area contributed by atoms with E-state index in [-0.39, 0.29) is 4.90 Å². The Morgan fingerprint density at radius 3 is 2.40 bits per heavy atom. The molecule has 56 valence electrons. The number of nitrogens with zero attached hydrogens (tertiary/aromatic N) is 1. The van der Waals surface area contributed by atoms with E-state index >= 15 is 0 Å². The van der Waals surface area contributed by atoms with Gasteiger partial charge in [0.2, 0.25) is 10.0 Å². The van der Waals surface area contributed by atoms with Crippen LogP contribution in [0.5, 0.6) is 0 Å². The topological polar surface area (TPSA) is 65.1 Å². The van der Waals surface area contributed by atoms with Gasteiger partial charge in [-0.15, -0.1) is 0 Å². The molecule has 2 N–H and O–H groups in total. The SMILES string of the molecule is NS(=O)(=O)c1ccn(Br)c1. The molecule has 0 aliphatic rings. The van der Waals surface area contributed by atoms with Crippen LogP contribution in [0, 0.1) is 0 Å². The average Bonchev–Trinajstić information content (AvgIpc) is 2.11. The Labute approximate surface area is 67.0 Å². The molecule has 4 nitrogen and oxygen atoms in total. The van der Waals surface area contributed by atoms with E-state index in [1.54, 1.807) is 6.20 Å². The van der Waals surface area contributed by atoms with Crippen LogP contribution in [0.2, 0.25) is 0 Å². The van der Waals surface area contributed by atoms with Crippen LogP contribution in [0.15, 0.2) is 23.4 Å². The van der Waals surface area contributed by atoms with Crippen LogP contribution in [0.4, 0.5) is 0 Å². The second-order valence-electron chi connectivity index (χ2n) is 1.74. The predicted octanol–water partition coefficient (Wildman–Crippen LogP) is 0.294. The zero-order valence-electron chi connectivity index (χ0n) is 4.86. The first-order valence-electron chi connectivity index (χ1n) is 2.37. The Morgan fingerprint density at radius 1 is 1.60 bits per heavy atom. The number of sulfonamides is 1. The molecule has 1 rings (SSSR count). The standard InChI is InChI=1S/C4H5BrN2O2S/c5-7-2-1-4(3-7)10(6,8)9/h1-3H,(H2,6,8,9). The Hall–Kier alpha value is -0.330. The summed E-state index contributed by atoms with van der Waals surface area (Å²) in [7, 11) is -3.53. The molecule has 0 aromatic carbocycles. The maximum absolute atomic E-state index is 10.6. The van der Waals surface area contributed by atoms with Crippen LogP contribution in [-0.4, -0.2) is 12.0 Å². The summed E-state index contributed by atoms with van der Waals surface area (Å²) in [6, 6.07) is 1.41. The first-order valence-corrected chi connectivity index (χ1v) is 4.62. The van der Waals surface area contributed by atoms with Crippen LogP contribution >= 0.6 is 16.1 Å². The molecule has 0 bridgehead atoms. The number of hydrogen-bond acceptors (Lipinski definition) is 2. The van der Waals surface area contributed by atoms with E-state index in [0.29, 0.717) is 0 Å².